The molecule has 1 N–H and O–H groups in total. The number of carbonyl (C=O) groups excluding carboxylic acids is 1. The van der Waals surface area contributed by atoms with Crippen LogP contribution in [0.3, 0.4) is 0 Å². The number of aromatic nitrogens is 2. The van der Waals surface area contributed by atoms with E-state index < -0.39 is 4.92 Å². The van der Waals surface area contributed by atoms with Crippen LogP contribution in [0, 0.1) is 10.1 Å². The molecule has 2 fully saturated rings. The average Bonchev–Trinajstić information content (AvgIpc) is 3.04. The third-order valence-corrected chi connectivity index (χ3v) is 4.52. The monoisotopic (exact) mass is 293 g/mol. The maximum atomic E-state index is 12.3. The van der Waals surface area contributed by atoms with Crippen molar-refractivity contribution in [2.75, 3.05) is 7.05 Å². The molecule has 3 heterocycles. The smallest absolute Gasteiger partial charge is 0.307 e. The highest BCUT2D eigenvalue weighted by molar-refractivity contribution is 5.76. The lowest BCUT2D eigenvalue weighted by molar-refractivity contribution is -0.385. The van der Waals surface area contributed by atoms with Gasteiger partial charge < -0.3 is 10.2 Å². The maximum Gasteiger partial charge on any atom is 0.307 e. The third kappa shape index (κ3) is 2.90. The van der Waals surface area contributed by atoms with Gasteiger partial charge in [0.1, 0.15) is 18.9 Å². The van der Waals surface area contributed by atoms with Gasteiger partial charge in [-0.05, 0) is 25.7 Å². The number of hydrogen-bond acceptors (Lipinski definition) is 5. The number of nitro groups is 1. The van der Waals surface area contributed by atoms with Crippen molar-refractivity contribution in [2.45, 2.75) is 50.4 Å². The molecule has 8 heteroatoms. The summed E-state index contributed by atoms with van der Waals surface area (Å²) in [6.45, 7) is 0.0452. The maximum absolute atomic E-state index is 12.3. The first-order valence-corrected chi connectivity index (χ1v) is 7.21. The number of piperidine rings is 1. The molecule has 1 aromatic rings. The summed E-state index contributed by atoms with van der Waals surface area (Å²) in [6.07, 6.45) is 6.80. The van der Waals surface area contributed by atoms with Gasteiger partial charge in [-0.25, -0.2) is 0 Å². The van der Waals surface area contributed by atoms with Gasteiger partial charge in [-0.1, -0.05) is 0 Å². The van der Waals surface area contributed by atoms with Crippen molar-refractivity contribution in [3.63, 3.8) is 0 Å². The standard InChI is InChI=1S/C13H19N5O3/c1-16(11-4-9-2-3-10(5-11)15-9)13(19)8-17-7-12(6-14-17)18(20)21/h6-7,9-11,15H,2-5,8H2,1H3. The minimum absolute atomic E-state index is 0.0452. The molecular formula is C13H19N5O3. The van der Waals surface area contributed by atoms with E-state index in [4.69, 9.17) is 0 Å². The molecule has 1 aromatic heterocycles. The number of nitrogens with one attached hydrogen (secondary N) is 1. The van der Waals surface area contributed by atoms with Crippen LogP contribution < -0.4 is 5.32 Å². The molecule has 0 spiro atoms. The van der Waals surface area contributed by atoms with Gasteiger partial charge in [-0.2, -0.15) is 5.10 Å². The van der Waals surface area contributed by atoms with Crippen LogP contribution in [-0.4, -0.2) is 50.7 Å². The zero-order valence-corrected chi connectivity index (χ0v) is 11.9. The van der Waals surface area contributed by atoms with E-state index in [1.165, 1.54) is 23.7 Å². The first-order chi connectivity index (χ1) is 10.0. The first kappa shape index (κ1) is 14.0. The summed E-state index contributed by atoms with van der Waals surface area (Å²) in [5, 5.41) is 18.0. The van der Waals surface area contributed by atoms with Gasteiger partial charge >= 0.3 is 5.69 Å². The molecule has 2 aliphatic rings. The summed E-state index contributed by atoms with van der Waals surface area (Å²) in [7, 11) is 1.82. The molecule has 2 unspecified atom stereocenters. The number of hydrogen-bond donors (Lipinski definition) is 1. The van der Waals surface area contributed by atoms with E-state index >= 15 is 0 Å². The van der Waals surface area contributed by atoms with Crippen LogP contribution in [0.2, 0.25) is 0 Å². The minimum Gasteiger partial charge on any atom is -0.341 e. The second-order valence-electron chi connectivity index (χ2n) is 5.92. The van der Waals surface area contributed by atoms with E-state index in [-0.39, 0.29) is 24.2 Å². The van der Waals surface area contributed by atoms with Crippen LogP contribution >= 0.6 is 0 Å². The highest BCUT2D eigenvalue weighted by Gasteiger charge is 2.36. The number of likely N-dealkylation sites (N-methyl/N-ethyl adjacent to an activating group) is 1. The van der Waals surface area contributed by atoms with E-state index in [9.17, 15) is 14.9 Å². The van der Waals surface area contributed by atoms with E-state index in [0.29, 0.717) is 12.1 Å². The van der Waals surface area contributed by atoms with Crippen LogP contribution in [0.1, 0.15) is 25.7 Å². The number of amides is 1. The summed E-state index contributed by atoms with van der Waals surface area (Å²) >= 11 is 0. The number of carbonyl (C=O) groups is 1. The van der Waals surface area contributed by atoms with E-state index in [0.717, 1.165) is 19.0 Å². The Hall–Kier alpha value is -1.96. The van der Waals surface area contributed by atoms with Gasteiger partial charge in [0.2, 0.25) is 5.91 Å². The van der Waals surface area contributed by atoms with Gasteiger partial charge in [0.05, 0.1) is 4.92 Å². The molecule has 0 aromatic carbocycles. The van der Waals surface area contributed by atoms with E-state index in [2.05, 4.69) is 10.4 Å². The predicted octanol–water partition coefficient (Wildman–Crippen LogP) is 0.533. The summed E-state index contributed by atoms with van der Waals surface area (Å²) < 4.78 is 1.33. The fourth-order valence-corrected chi connectivity index (χ4v) is 3.33. The molecule has 1 amide bonds. The molecule has 2 aliphatic heterocycles. The van der Waals surface area contributed by atoms with Crippen LogP contribution in [0.5, 0.6) is 0 Å². The van der Waals surface area contributed by atoms with E-state index in [1.807, 2.05) is 7.05 Å². The fourth-order valence-electron chi connectivity index (χ4n) is 3.33. The van der Waals surface area contributed by atoms with Crippen LogP contribution in [0.15, 0.2) is 12.4 Å². The zero-order valence-electron chi connectivity index (χ0n) is 11.9. The zero-order chi connectivity index (χ0) is 15.0. The van der Waals surface area contributed by atoms with Crippen molar-refractivity contribution in [3.05, 3.63) is 22.5 Å². The molecule has 21 heavy (non-hydrogen) atoms. The second-order valence-corrected chi connectivity index (χ2v) is 5.92. The summed E-state index contributed by atoms with van der Waals surface area (Å²) in [4.78, 5) is 24.2. The Labute approximate surface area is 122 Å². The molecular weight excluding hydrogens is 274 g/mol. The molecule has 114 valence electrons. The van der Waals surface area contributed by atoms with Gasteiger partial charge in [0.25, 0.3) is 0 Å². The number of nitrogens with zero attached hydrogens (tertiary/aromatic N) is 4. The van der Waals surface area contributed by atoms with Crippen LogP contribution in [0.4, 0.5) is 5.69 Å². The lowest BCUT2D eigenvalue weighted by atomic mass is 9.98. The largest absolute Gasteiger partial charge is 0.341 e. The Morgan fingerprint density at radius 3 is 2.76 bits per heavy atom. The number of rotatable bonds is 4. The lowest BCUT2D eigenvalue weighted by Gasteiger charge is -2.35. The van der Waals surface area contributed by atoms with Gasteiger partial charge in [-0.3, -0.25) is 19.6 Å². The van der Waals surface area contributed by atoms with Gasteiger partial charge in [0.15, 0.2) is 0 Å². The Morgan fingerprint density at radius 1 is 1.52 bits per heavy atom. The first-order valence-electron chi connectivity index (χ1n) is 7.21. The van der Waals surface area contributed by atoms with E-state index in [1.54, 1.807) is 4.90 Å². The van der Waals surface area contributed by atoms with Crippen molar-refractivity contribution in [3.8, 4) is 0 Å². The molecule has 2 saturated heterocycles. The predicted molar refractivity (Wildman–Crippen MR) is 74.6 cm³/mol. The highest BCUT2D eigenvalue weighted by Crippen LogP contribution is 2.29. The molecule has 2 bridgehead atoms. The van der Waals surface area contributed by atoms with Gasteiger partial charge in [-0.15, -0.1) is 0 Å². The normalized spacial score (nSPS) is 27.6. The Balaban J connectivity index is 1.60. The summed E-state index contributed by atoms with van der Waals surface area (Å²) in [5.74, 6) is -0.0562. The Bertz CT molecular complexity index is 546. The van der Waals surface area contributed by atoms with Crippen molar-refractivity contribution >= 4 is 11.6 Å². The molecule has 2 atom stereocenters. The third-order valence-electron chi connectivity index (χ3n) is 4.52. The Kier molecular flexibility index (Phi) is 3.62. The topological polar surface area (TPSA) is 93.3 Å². The van der Waals surface area contributed by atoms with Gasteiger partial charge in [0, 0.05) is 25.2 Å². The minimum atomic E-state index is -0.512. The Morgan fingerprint density at radius 2 is 2.19 bits per heavy atom. The SMILES string of the molecule is CN(C(=O)Cn1cc([N+](=O)[O-])cn1)C1CC2CCC(C1)N2. The second kappa shape index (κ2) is 5.44. The van der Waals surface area contributed by atoms with Crippen molar-refractivity contribution in [1.82, 2.24) is 20.0 Å². The molecule has 0 radical (unpaired) electrons. The molecule has 3 rings (SSSR count). The van der Waals surface area contributed by atoms with Crippen molar-refractivity contribution in [2.24, 2.45) is 0 Å². The average molecular weight is 293 g/mol. The van der Waals surface area contributed by atoms with Crippen LogP contribution in [-0.2, 0) is 11.3 Å². The van der Waals surface area contributed by atoms with Crippen molar-refractivity contribution < 1.29 is 9.72 Å². The fraction of sp³-hybridized carbons (Fsp3) is 0.692. The van der Waals surface area contributed by atoms with Crippen molar-refractivity contribution in [1.29, 1.82) is 0 Å². The highest BCUT2D eigenvalue weighted by atomic mass is 16.6. The summed E-state index contributed by atoms with van der Waals surface area (Å²) in [6, 6.07) is 1.30. The summed E-state index contributed by atoms with van der Waals surface area (Å²) in [5.41, 5.74) is -0.0923. The lowest BCUT2D eigenvalue weighted by Crippen LogP contribution is -2.49. The quantitative estimate of drug-likeness (QED) is 0.645. The molecule has 0 aliphatic carbocycles. The molecule has 0 saturated carbocycles. The van der Waals surface area contributed by atoms with Crippen LogP contribution in [0.25, 0.3) is 0 Å². The number of fused-ring (bicyclic) bond motifs is 2. The molecule has 8 nitrogen and oxygen atoms in total.